The molecule has 9 amide bonds. The Kier molecular flexibility index (Phi) is 12.2. The molecular weight excluding hydrogens is 745 g/mol. The number of nitrogens with two attached hydrogens (primary N) is 1. The summed E-state index contributed by atoms with van der Waals surface area (Å²) < 4.78 is 0. The van der Waals surface area contributed by atoms with Gasteiger partial charge in [0.15, 0.2) is 0 Å². The Morgan fingerprint density at radius 3 is 1.97 bits per heavy atom. The fourth-order valence-electron chi connectivity index (χ4n) is 8.90. The molecule has 4 aliphatic heterocycles. The molecule has 1 saturated carbocycles. The summed E-state index contributed by atoms with van der Waals surface area (Å²) in [6.45, 7) is 2.47. The zero-order valence-electron chi connectivity index (χ0n) is 33.0. The van der Waals surface area contributed by atoms with Crippen molar-refractivity contribution in [3.05, 3.63) is 60.2 Å². The van der Waals surface area contributed by atoms with Crippen LogP contribution in [0.2, 0.25) is 0 Å². The molecule has 0 spiro atoms. The molecule has 7 rings (SSSR count). The van der Waals surface area contributed by atoms with Gasteiger partial charge in [-0.25, -0.2) is 9.59 Å². The Hall–Kier alpha value is -5.71. The highest BCUT2D eigenvalue weighted by atomic mass is 16.2. The van der Waals surface area contributed by atoms with E-state index in [-0.39, 0.29) is 67.9 Å². The number of fused-ring (bicyclic) bond motifs is 2. The van der Waals surface area contributed by atoms with Gasteiger partial charge in [0, 0.05) is 61.5 Å². The van der Waals surface area contributed by atoms with Crippen LogP contribution >= 0.6 is 0 Å². The maximum Gasteiger partial charge on any atom is 0.321 e. The summed E-state index contributed by atoms with van der Waals surface area (Å²) >= 11 is 0. The lowest BCUT2D eigenvalue weighted by molar-refractivity contribution is -0.144. The van der Waals surface area contributed by atoms with E-state index in [9.17, 15) is 33.6 Å². The maximum absolute atomic E-state index is 14.3. The first kappa shape index (κ1) is 40.5. The quantitative estimate of drug-likeness (QED) is 0.218. The van der Waals surface area contributed by atoms with E-state index < -0.39 is 47.9 Å². The van der Waals surface area contributed by atoms with Crippen molar-refractivity contribution in [1.29, 1.82) is 0 Å². The number of hydrogen-bond acceptors (Lipinski definition) is 8. The second-order valence-corrected chi connectivity index (χ2v) is 16.1. The van der Waals surface area contributed by atoms with Crippen LogP contribution in [-0.4, -0.2) is 137 Å². The third kappa shape index (κ3) is 8.88. The lowest BCUT2D eigenvalue weighted by Crippen LogP contribution is -2.62. The molecule has 310 valence electrons. The molecule has 3 unspecified atom stereocenters. The van der Waals surface area contributed by atoms with Crippen molar-refractivity contribution in [3.63, 3.8) is 0 Å². The molecular formula is C41H54N10O7. The highest BCUT2D eigenvalue weighted by Crippen LogP contribution is 2.41. The van der Waals surface area contributed by atoms with Gasteiger partial charge in [-0.15, -0.1) is 0 Å². The van der Waals surface area contributed by atoms with Gasteiger partial charge >= 0.3 is 12.1 Å². The number of hydrogen-bond donors (Lipinski definition) is 6. The molecule has 17 heteroatoms. The normalized spacial score (nSPS) is 27.5. The minimum atomic E-state index is -1.08. The molecule has 0 bridgehead atoms. The first-order chi connectivity index (χ1) is 27.9. The zero-order chi connectivity index (χ0) is 41.1. The van der Waals surface area contributed by atoms with Crippen LogP contribution in [0.3, 0.4) is 0 Å². The monoisotopic (exact) mass is 798 g/mol. The van der Waals surface area contributed by atoms with Crippen LogP contribution in [0.25, 0.3) is 0 Å². The number of carbonyl (C=O) groups is 7. The summed E-state index contributed by atoms with van der Waals surface area (Å²) in [4.78, 5) is 99.2. The van der Waals surface area contributed by atoms with E-state index in [4.69, 9.17) is 5.73 Å². The number of rotatable bonds is 9. The van der Waals surface area contributed by atoms with E-state index in [1.54, 1.807) is 52.9 Å². The SMILES string of the molecule is CN[C@@H](C)C(=O)NC1CN(C(=O)Nc2ccc(NC(=O)N3CCC(=O)N4C(CCC4C(N)=O)CC3)cc2)CC[C@H]2CC[C@@H](C(=O)N[C@H]3C[C@H]3c3ccccc3)N2C1=O. The predicted molar refractivity (Wildman–Crippen MR) is 214 cm³/mol. The number of primary amides is 1. The van der Waals surface area contributed by atoms with Crippen LogP contribution < -0.4 is 32.3 Å². The topological polar surface area (TPSA) is 219 Å². The summed E-state index contributed by atoms with van der Waals surface area (Å²) in [6, 6.07) is 12.5. The molecule has 2 aromatic rings. The van der Waals surface area contributed by atoms with E-state index in [1.807, 2.05) is 18.2 Å². The van der Waals surface area contributed by atoms with Gasteiger partial charge in [-0.3, -0.25) is 24.0 Å². The molecule has 8 atom stereocenters. The van der Waals surface area contributed by atoms with Crippen LogP contribution in [0.1, 0.15) is 69.8 Å². The molecule has 7 N–H and O–H groups in total. The smallest absolute Gasteiger partial charge is 0.321 e. The minimum absolute atomic E-state index is 0.00435. The Morgan fingerprint density at radius 1 is 0.724 bits per heavy atom. The summed E-state index contributed by atoms with van der Waals surface area (Å²) in [5.41, 5.74) is 7.64. The average Bonchev–Trinajstić information content (AvgIpc) is 3.63. The third-order valence-electron chi connectivity index (χ3n) is 12.4. The molecule has 58 heavy (non-hydrogen) atoms. The number of amides is 9. The zero-order valence-corrected chi connectivity index (χ0v) is 33.0. The molecule has 0 aromatic heterocycles. The van der Waals surface area contributed by atoms with Crippen molar-refractivity contribution in [3.8, 4) is 0 Å². The van der Waals surface area contributed by atoms with Crippen LogP contribution in [0, 0.1) is 0 Å². The van der Waals surface area contributed by atoms with E-state index >= 15 is 0 Å². The molecule has 5 fully saturated rings. The second kappa shape index (κ2) is 17.4. The molecule has 0 radical (unpaired) electrons. The Bertz CT molecular complexity index is 1900. The van der Waals surface area contributed by atoms with Crippen molar-refractivity contribution in [2.24, 2.45) is 5.73 Å². The molecule has 5 aliphatic rings. The number of benzene rings is 2. The van der Waals surface area contributed by atoms with Gasteiger partial charge in [-0.05, 0) is 88.7 Å². The summed E-state index contributed by atoms with van der Waals surface area (Å²) in [5, 5.41) is 14.6. The van der Waals surface area contributed by atoms with Gasteiger partial charge in [-0.2, -0.15) is 0 Å². The van der Waals surface area contributed by atoms with Crippen LogP contribution in [0.5, 0.6) is 0 Å². The van der Waals surface area contributed by atoms with Crippen molar-refractivity contribution in [2.45, 2.75) is 107 Å². The third-order valence-corrected chi connectivity index (χ3v) is 12.4. The number of anilines is 2. The Morgan fingerprint density at radius 2 is 1.33 bits per heavy atom. The number of likely N-dealkylation sites (N-methyl/N-ethyl adjacent to an activating group) is 1. The standard InChI is InChI=1S/C41H54N10O7/c1-24(43-2)37(54)47-32-23-49(20-17-29-13-15-34(51(29)39(32)56)38(55)46-31-22-30(31)25-6-4-3-5-7-25)41(58)45-27-10-8-26(9-11-27)44-40(57)48-19-16-28-12-14-33(36(42)53)50(28)35(52)18-21-48/h3-11,24,28-34,43H,12-23H2,1-2H3,(H2,42,53)(H,44,57)(H,45,58)(H,46,55)(H,47,54)/t24-,28?,29+,30-,31-,32?,33?,34-/m0/s1. The second-order valence-electron chi connectivity index (χ2n) is 16.1. The number of nitrogens with zero attached hydrogens (tertiary/aromatic N) is 4. The van der Waals surface area contributed by atoms with E-state index in [2.05, 4.69) is 38.7 Å². The fraction of sp³-hybridized carbons (Fsp3) is 0.537. The fourth-order valence-corrected chi connectivity index (χ4v) is 8.90. The molecule has 4 heterocycles. The first-order valence-corrected chi connectivity index (χ1v) is 20.4. The van der Waals surface area contributed by atoms with Gasteiger partial charge in [-0.1, -0.05) is 30.3 Å². The highest BCUT2D eigenvalue weighted by molar-refractivity contribution is 5.96. The highest BCUT2D eigenvalue weighted by Gasteiger charge is 2.48. The molecule has 2 aromatic carbocycles. The van der Waals surface area contributed by atoms with E-state index in [0.717, 1.165) is 6.42 Å². The van der Waals surface area contributed by atoms with Crippen molar-refractivity contribution in [2.75, 3.05) is 43.9 Å². The first-order valence-electron chi connectivity index (χ1n) is 20.4. The predicted octanol–water partition coefficient (Wildman–Crippen LogP) is 1.52. The summed E-state index contributed by atoms with van der Waals surface area (Å²) in [5.74, 6) is -1.44. The Balaban J connectivity index is 0.963. The number of carbonyl (C=O) groups excluding carboxylic acids is 7. The maximum atomic E-state index is 14.3. The van der Waals surface area contributed by atoms with Crippen LogP contribution in [0.4, 0.5) is 21.0 Å². The molecule has 4 saturated heterocycles. The largest absolute Gasteiger partial charge is 0.368 e. The summed E-state index contributed by atoms with van der Waals surface area (Å²) in [7, 11) is 1.64. The van der Waals surface area contributed by atoms with Crippen molar-refractivity contribution < 1.29 is 33.6 Å². The number of nitrogens with one attached hydrogen (secondary N) is 5. The van der Waals surface area contributed by atoms with Gasteiger partial charge in [0.2, 0.25) is 29.5 Å². The van der Waals surface area contributed by atoms with Gasteiger partial charge in [0.25, 0.3) is 0 Å². The van der Waals surface area contributed by atoms with Crippen molar-refractivity contribution in [1.82, 2.24) is 35.6 Å². The summed E-state index contributed by atoms with van der Waals surface area (Å²) in [6.07, 6.45) is 4.20. The molecule has 17 nitrogen and oxygen atoms in total. The van der Waals surface area contributed by atoms with Gasteiger partial charge in [0.05, 0.1) is 12.6 Å². The van der Waals surface area contributed by atoms with E-state index in [0.29, 0.717) is 56.4 Å². The lowest BCUT2D eigenvalue weighted by Gasteiger charge is -2.39. The Labute approximate surface area is 337 Å². The average molecular weight is 799 g/mol. The van der Waals surface area contributed by atoms with E-state index in [1.165, 1.54) is 10.5 Å². The van der Waals surface area contributed by atoms with Gasteiger partial charge in [0.1, 0.15) is 18.1 Å². The van der Waals surface area contributed by atoms with Crippen LogP contribution in [-0.2, 0) is 24.0 Å². The van der Waals surface area contributed by atoms with Gasteiger partial charge < -0.3 is 51.9 Å². The minimum Gasteiger partial charge on any atom is -0.368 e. The van der Waals surface area contributed by atoms with Crippen LogP contribution in [0.15, 0.2) is 54.6 Å². The van der Waals surface area contributed by atoms with Crippen molar-refractivity contribution >= 4 is 53.0 Å². The number of urea groups is 2. The molecule has 1 aliphatic carbocycles. The lowest BCUT2D eigenvalue weighted by atomic mass is 10.1.